The Hall–Kier alpha value is -3.36. The molecule has 3 unspecified atom stereocenters. The Morgan fingerprint density at radius 2 is 1.85 bits per heavy atom. The number of ether oxygens (including phenoxy) is 2. The lowest BCUT2D eigenvalue weighted by Crippen LogP contribution is -2.51. The van der Waals surface area contributed by atoms with Crippen LogP contribution in [0.1, 0.15) is 24.8 Å². The van der Waals surface area contributed by atoms with Crippen LogP contribution < -0.4 is 20.7 Å². The summed E-state index contributed by atoms with van der Waals surface area (Å²) in [5, 5.41) is 3.36. The van der Waals surface area contributed by atoms with Crippen molar-refractivity contribution < 1.29 is 31.4 Å². The highest BCUT2D eigenvalue weighted by Crippen LogP contribution is 2.46. The van der Waals surface area contributed by atoms with E-state index in [2.05, 4.69) is 20.3 Å². The van der Waals surface area contributed by atoms with Gasteiger partial charge in [-0.05, 0) is 37.5 Å². The van der Waals surface area contributed by atoms with Gasteiger partial charge in [-0.25, -0.2) is 13.8 Å². The van der Waals surface area contributed by atoms with Gasteiger partial charge in [0.2, 0.25) is 0 Å². The number of piperazine rings is 1. The van der Waals surface area contributed by atoms with Crippen LogP contribution in [0.3, 0.4) is 0 Å². The first kappa shape index (κ1) is 26.5. The zero-order valence-corrected chi connectivity index (χ0v) is 22.4. The Morgan fingerprint density at radius 3 is 2.56 bits per heavy atom. The molecule has 2 aromatic heterocycles. The van der Waals surface area contributed by atoms with Crippen molar-refractivity contribution in [2.24, 2.45) is 5.92 Å². The van der Waals surface area contributed by atoms with Crippen molar-refractivity contribution in [1.29, 1.82) is 0 Å². The lowest BCUT2D eigenvalue weighted by Gasteiger charge is -2.34. The van der Waals surface area contributed by atoms with Gasteiger partial charge in [0.15, 0.2) is 10.9 Å². The van der Waals surface area contributed by atoms with Crippen LogP contribution >= 0.6 is 11.3 Å². The minimum atomic E-state index is -4.95. The second kappa shape index (κ2) is 9.88. The summed E-state index contributed by atoms with van der Waals surface area (Å²) in [6, 6.07) is 3.12. The fourth-order valence-corrected chi connectivity index (χ4v) is 6.82. The number of nitrogens with zero attached hydrogens (tertiary/aromatic N) is 4. The fourth-order valence-electron chi connectivity index (χ4n) is 6.05. The van der Waals surface area contributed by atoms with Crippen LogP contribution in [0.15, 0.2) is 18.2 Å². The van der Waals surface area contributed by atoms with Gasteiger partial charge < -0.3 is 25.4 Å². The summed E-state index contributed by atoms with van der Waals surface area (Å²) < 4.78 is 86.2. The van der Waals surface area contributed by atoms with E-state index in [1.807, 2.05) is 4.90 Å². The minimum Gasteiger partial charge on any atom is -0.463 e. The normalized spacial score (nSPS) is 22.8. The average Bonchev–Trinajstić information content (AvgIpc) is 3.67. The van der Waals surface area contributed by atoms with Crippen LogP contribution in [0.4, 0.5) is 32.9 Å². The molecular formula is C27H25F5N6O2S. The van der Waals surface area contributed by atoms with Gasteiger partial charge in [0.1, 0.15) is 17.2 Å². The smallest absolute Gasteiger partial charge is 0.417 e. The summed E-state index contributed by atoms with van der Waals surface area (Å²) in [6.07, 6.45) is -2.31. The third-order valence-corrected chi connectivity index (χ3v) is 8.86. The molecule has 2 aromatic carbocycles. The second-order valence-electron chi connectivity index (χ2n) is 10.7. The van der Waals surface area contributed by atoms with Crippen LogP contribution in [-0.4, -0.2) is 59.9 Å². The number of hydrogen-bond acceptors (Lipinski definition) is 9. The number of anilines is 2. The van der Waals surface area contributed by atoms with Gasteiger partial charge in [0.05, 0.1) is 29.0 Å². The number of nitrogen functional groups attached to an aromatic ring is 1. The molecule has 3 aliphatic rings. The van der Waals surface area contributed by atoms with E-state index in [1.165, 1.54) is 0 Å². The van der Waals surface area contributed by atoms with Crippen LogP contribution in [0.5, 0.6) is 6.01 Å². The van der Waals surface area contributed by atoms with E-state index in [0.29, 0.717) is 26.3 Å². The summed E-state index contributed by atoms with van der Waals surface area (Å²) in [5.74, 6) is -1.64. The monoisotopic (exact) mass is 592 g/mol. The minimum absolute atomic E-state index is 0.0503. The van der Waals surface area contributed by atoms with Crippen LogP contribution in [-0.2, 0) is 10.9 Å². The molecule has 4 aromatic rings. The number of hydrogen-bond donors (Lipinski definition) is 2. The summed E-state index contributed by atoms with van der Waals surface area (Å²) in [4.78, 5) is 14.7. The van der Waals surface area contributed by atoms with Gasteiger partial charge in [-0.2, -0.15) is 23.1 Å². The van der Waals surface area contributed by atoms with E-state index < -0.39 is 28.9 Å². The molecule has 0 spiro atoms. The first-order chi connectivity index (χ1) is 19.7. The molecule has 3 atom stereocenters. The summed E-state index contributed by atoms with van der Waals surface area (Å²) in [6.45, 7) is 2.34. The fraction of sp³-hybridized carbons (Fsp3) is 0.444. The van der Waals surface area contributed by atoms with Crippen molar-refractivity contribution in [3.63, 3.8) is 0 Å². The quantitative estimate of drug-likeness (QED) is 0.308. The lowest BCUT2D eigenvalue weighted by atomic mass is 9.95. The van der Waals surface area contributed by atoms with Crippen LogP contribution in [0.25, 0.3) is 32.2 Å². The van der Waals surface area contributed by atoms with Crippen LogP contribution in [0.2, 0.25) is 0 Å². The van der Waals surface area contributed by atoms with Crippen molar-refractivity contribution in [1.82, 2.24) is 20.3 Å². The van der Waals surface area contributed by atoms with Gasteiger partial charge >= 0.3 is 12.2 Å². The van der Waals surface area contributed by atoms with Gasteiger partial charge in [0, 0.05) is 54.2 Å². The molecule has 2 bridgehead atoms. The molecule has 0 amide bonds. The predicted octanol–water partition coefficient (Wildman–Crippen LogP) is 5.14. The third-order valence-electron chi connectivity index (χ3n) is 7.97. The van der Waals surface area contributed by atoms with E-state index in [1.54, 1.807) is 0 Å². The van der Waals surface area contributed by atoms with Crippen LogP contribution in [0, 0.1) is 17.6 Å². The van der Waals surface area contributed by atoms with Crippen molar-refractivity contribution >= 4 is 43.4 Å². The molecule has 3 fully saturated rings. The molecule has 41 heavy (non-hydrogen) atoms. The topological polar surface area (TPSA) is 98.4 Å². The highest BCUT2D eigenvalue weighted by Gasteiger charge is 2.39. The van der Waals surface area contributed by atoms with Gasteiger partial charge in [-0.3, -0.25) is 0 Å². The molecule has 3 saturated heterocycles. The van der Waals surface area contributed by atoms with E-state index in [-0.39, 0.29) is 68.3 Å². The molecule has 3 aliphatic heterocycles. The van der Waals surface area contributed by atoms with Crippen molar-refractivity contribution in [3.05, 3.63) is 35.4 Å². The maximum absolute atomic E-state index is 16.6. The lowest BCUT2D eigenvalue weighted by molar-refractivity contribution is -0.137. The first-order valence-corrected chi connectivity index (χ1v) is 14.1. The molecule has 3 N–H and O–H groups in total. The molecule has 14 heteroatoms. The zero-order chi connectivity index (χ0) is 28.5. The summed E-state index contributed by atoms with van der Waals surface area (Å²) in [7, 11) is 0. The standard InChI is InChI=1S/C27H25F5N6O2S/c28-18-4-3-15(22-23(18)41-25(33)35-22)19-17(27(30,31)32)7-16-21(20(19)29)36-26(40-11-12-5-6-39-10-12)37-24(16)38-8-13-1-2-14(9-38)34-13/h3-4,7,12-14,34H,1-2,5-6,8-11H2,(H2,33,35). The average molecular weight is 593 g/mol. The number of fused-ring (bicyclic) bond motifs is 4. The number of aromatic nitrogens is 3. The van der Waals surface area contributed by atoms with E-state index >= 15 is 4.39 Å². The maximum Gasteiger partial charge on any atom is 0.417 e. The first-order valence-electron chi connectivity index (χ1n) is 13.3. The van der Waals surface area contributed by atoms with E-state index in [0.717, 1.165) is 48.8 Å². The molecule has 8 nitrogen and oxygen atoms in total. The van der Waals surface area contributed by atoms with E-state index in [4.69, 9.17) is 15.2 Å². The molecule has 0 radical (unpaired) electrons. The molecule has 216 valence electrons. The number of thiazole rings is 1. The molecule has 0 aliphatic carbocycles. The van der Waals surface area contributed by atoms with Gasteiger partial charge in [0.25, 0.3) is 0 Å². The molecule has 0 saturated carbocycles. The number of benzene rings is 2. The Kier molecular flexibility index (Phi) is 6.39. The molecule has 7 rings (SSSR count). The van der Waals surface area contributed by atoms with Gasteiger partial charge in [-0.1, -0.05) is 11.3 Å². The van der Waals surface area contributed by atoms with E-state index in [9.17, 15) is 17.6 Å². The number of alkyl halides is 3. The maximum atomic E-state index is 16.6. The van der Waals surface area contributed by atoms with Crippen molar-refractivity contribution in [2.75, 3.05) is 43.5 Å². The number of halogens is 5. The van der Waals surface area contributed by atoms with Crippen molar-refractivity contribution in [2.45, 2.75) is 37.5 Å². The SMILES string of the molecule is Nc1nc2c(-c3c(C(F)(F)F)cc4c(N5CC6CCC(C5)N6)nc(OCC5CCOC5)nc4c3F)ccc(F)c2s1. The Bertz CT molecular complexity index is 1650. The zero-order valence-electron chi connectivity index (χ0n) is 21.6. The second-order valence-corrected chi connectivity index (χ2v) is 11.8. The predicted molar refractivity (Wildman–Crippen MR) is 144 cm³/mol. The highest BCUT2D eigenvalue weighted by molar-refractivity contribution is 7.22. The summed E-state index contributed by atoms with van der Waals surface area (Å²) in [5.41, 5.74) is 3.05. The summed E-state index contributed by atoms with van der Waals surface area (Å²) >= 11 is 0.778. The Balaban J connectivity index is 1.45. The van der Waals surface area contributed by atoms with Crippen molar-refractivity contribution in [3.8, 4) is 17.1 Å². The third kappa shape index (κ3) is 4.71. The molecule has 5 heterocycles. The Morgan fingerprint density at radius 1 is 1.07 bits per heavy atom. The largest absolute Gasteiger partial charge is 0.463 e. The molecular weight excluding hydrogens is 567 g/mol. The Labute approximate surface area is 234 Å². The van der Waals surface area contributed by atoms with Gasteiger partial charge in [-0.15, -0.1) is 0 Å². The number of rotatable bonds is 5. The highest BCUT2D eigenvalue weighted by atomic mass is 32.1. The number of nitrogens with two attached hydrogens (primary N) is 1. The number of nitrogens with one attached hydrogen (secondary N) is 1.